The third-order valence-electron chi connectivity index (χ3n) is 5.98. The summed E-state index contributed by atoms with van der Waals surface area (Å²) in [6.07, 6.45) is 0.388. The van der Waals surface area contributed by atoms with Gasteiger partial charge in [0.05, 0.1) is 17.9 Å². The average Bonchev–Trinajstić information content (AvgIpc) is 3.31. The Kier molecular flexibility index (Phi) is 6.52. The van der Waals surface area contributed by atoms with E-state index in [4.69, 9.17) is 4.74 Å². The summed E-state index contributed by atoms with van der Waals surface area (Å²) in [5, 5.41) is 0. The van der Waals surface area contributed by atoms with Crippen molar-refractivity contribution in [3.8, 4) is 0 Å². The number of fused-ring (bicyclic) bond motifs is 3. The summed E-state index contributed by atoms with van der Waals surface area (Å²) in [4.78, 5) is 23.0. The van der Waals surface area contributed by atoms with E-state index in [1.165, 1.54) is 11.1 Å². The molecule has 0 bridgehead atoms. The Hall–Kier alpha value is -2.92. The largest absolute Gasteiger partial charge is 0.351 e. The van der Waals surface area contributed by atoms with Crippen molar-refractivity contribution >= 4 is 23.3 Å². The standard InChI is InChI=1S/C25H30N4O2/c1-4-27(5-2)16-15-20-13-10-14-22-23(20)29-24(31-6-3)21(18-30)26-25(29)28(22)17-19-11-8-7-9-12-19/h7-14,24H,4-6,15-17H2,1-3H3. The summed E-state index contributed by atoms with van der Waals surface area (Å²) in [6, 6.07) is 16.7. The van der Waals surface area contributed by atoms with Crippen molar-refractivity contribution in [2.75, 3.05) is 36.0 Å². The lowest BCUT2D eigenvalue weighted by atomic mass is 10.1. The van der Waals surface area contributed by atoms with Crippen molar-refractivity contribution < 1.29 is 9.53 Å². The lowest BCUT2D eigenvalue weighted by Gasteiger charge is -2.25. The van der Waals surface area contributed by atoms with Crippen LogP contribution in [0.5, 0.6) is 0 Å². The summed E-state index contributed by atoms with van der Waals surface area (Å²) in [5.41, 5.74) is 4.92. The van der Waals surface area contributed by atoms with E-state index >= 15 is 0 Å². The molecule has 1 unspecified atom stereocenters. The summed E-state index contributed by atoms with van der Waals surface area (Å²) in [7, 11) is 0. The fraction of sp³-hybridized carbons (Fsp3) is 0.400. The number of rotatable bonds is 9. The average molecular weight is 419 g/mol. The van der Waals surface area contributed by atoms with Crippen LogP contribution >= 0.6 is 0 Å². The number of para-hydroxylation sites is 1. The molecule has 0 radical (unpaired) electrons. The minimum atomic E-state index is -0.536. The third-order valence-corrected chi connectivity index (χ3v) is 5.98. The van der Waals surface area contributed by atoms with Gasteiger partial charge in [0.15, 0.2) is 17.9 Å². The maximum Gasteiger partial charge on any atom is 0.214 e. The molecule has 0 aromatic heterocycles. The van der Waals surface area contributed by atoms with Crippen molar-refractivity contribution in [3.63, 3.8) is 0 Å². The first-order valence-corrected chi connectivity index (χ1v) is 11.1. The normalized spacial score (nSPS) is 17.1. The molecule has 0 saturated carbocycles. The number of carbonyl (C=O) groups excluding carboxylic acids is 1. The van der Waals surface area contributed by atoms with Gasteiger partial charge in [-0.1, -0.05) is 56.3 Å². The molecule has 2 heterocycles. The van der Waals surface area contributed by atoms with Gasteiger partial charge in [-0.3, -0.25) is 4.90 Å². The first kappa shape index (κ1) is 21.3. The van der Waals surface area contributed by atoms with Gasteiger partial charge < -0.3 is 14.5 Å². The predicted octanol–water partition coefficient (Wildman–Crippen LogP) is 3.85. The maximum atomic E-state index is 11.7. The number of benzene rings is 2. The number of hydrogen-bond acceptors (Lipinski definition) is 6. The maximum absolute atomic E-state index is 11.7. The predicted molar refractivity (Wildman–Crippen MR) is 125 cm³/mol. The molecule has 6 nitrogen and oxygen atoms in total. The van der Waals surface area contributed by atoms with Crippen LogP contribution < -0.4 is 9.80 Å². The second-order valence-electron chi connectivity index (χ2n) is 7.71. The van der Waals surface area contributed by atoms with Gasteiger partial charge in [-0.15, -0.1) is 0 Å². The molecule has 162 valence electrons. The van der Waals surface area contributed by atoms with Crippen LogP contribution in [-0.4, -0.2) is 49.3 Å². The van der Waals surface area contributed by atoms with Crippen LogP contribution in [0, 0.1) is 0 Å². The first-order valence-electron chi connectivity index (χ1n) is 11.1. The molecule has 0 N–H and O–H groups in total. The Balaban J connectivity index is 1.76. The molecule has 31 heavy (non-hydrogen) atoms. The number of anilines is 2. The van der Waals surface area contributed by atoms with E-state index in [-0.39, 0.29) is 0 Å². The highest BCUT2D eigenvalue weighted by molar-refractivity contribution is 6.19. The van der Waals surface area contributed by atoms with Crippen molar-refractivity contribution in [1.29, 1.82) is 0 Å². The highest BCUT2D eigenvalue weighted by atomic mass is 16.5. The Bertz CT molecular complexity index is 994. The minimum Gasteiger partial charge on any atom is -0.351 e. The molecule has 2 aliphatic rings. The molecule has 0 aliphatic carbocycles. The Morgan fingerprint density at radius 1 is 1.06 bits per heavy atom. The van der Waals surface area contributed by atoms with Crippen molar-refractivity contribution in [2.24, 2.45) is 4.99 Å². The Morgan fingerprint density at radius 2 is 1.84 bits per heavy atom. The summed E-state index contributed by atoms with van der Waals surface area (Å²) < 4.78 is 5.97. The van der Waals surface area contributed by atoms with Crippen LogP contribution in [0.3, 0.4) is 0 Å². The number of ether oxygens (including phenoxy) is 1. The van der Waals surface area contributed by atoms with Gasteiger partial charge in [0, 0.05) is 13.2 Å². The minimum absolute atomic E-state index is 0.305. The van der Waals surface area contributed by atoms with E-state index in [1.807, 2.05) is 31.1 Å². The van der Waals surface area contributed by atoms with Crippen LogP contribution in [0.2, 0.25) is 0 Å². The van der Waals surface area contributed by atoms with Gasteiger partial charge in [-0.05, 0) is 43.6 Å². The summed E-state index contributed by atoms with van der Waals surface area (Å²) in [6.45, 7) is 10.5. The van der Waals surface area contributed by atoms with Crippen LogP contribution in [0.25, 0.3) is 0 Å². The van der Waals surface area contributed by atoms with Crippen molar-refractivity contribution in [2.45, 2.75) is 40.0 Å². The number of aliphatic imine (C=N–C) groups is 1. The van der Waals surface area contributed by atoms with E-state index in [1.54, 1.807) is 0 Å². The molecule has 4 rings (SSSR count). The highest BCUT2D eigenvalue weighted by Crippen LogP contribution is 2.46. The van der Waals surface area contributed by atoms with Gasteiger partial charge in [-0.25, -0.2) is 9.79 Å². The van der Waals surface area contributed by atoms with E-state index < -0.39 is 6.23 Å². The Labute approximate surface area is 184 Å². The SMILES string of the molecule is CCOC1C(=C=O)N=C2N(Cc3ccccc3)c3cccc(CCN(CC)CC)c3N21. The highest BCUT2D eigenvalue weighted by Gasteiger charge is 2.45. The fourth-order valence-corrected chi connectivity index (χ4v) is 4.36. The molecule has 2 aromatic carbocycles. The van der Waals surface area contributed by atoms with E-state index in [0.29, 0.717) is 18.8 Å². The zero-order valence-corrected chi connectivity index (χ0v) is 18.5. The van der Waals surface area contributed by atoms with Gasteiger partial charge in [0.25, 0.3) is 0 Å². The zero-order chi connectivity index (χ0) is 21.8. The van der Waals surface area contributed by atoms with Gasteiger partial charge in [-0.2, -0.15) is 0 Å². The first-order chi connectivity index (χ1) is 15.2. The molecule has 0 spiro atoms. The fourth-order valence-electron chi connectivity index (χ4n) is 4.36. The number of likely N-dealkylation sites (N-methyl/N-ethyl adjacent to an activating group) is 1. The number of hydrogen-bond donors (Lipinski definition) is 0. The molecule has 0 saturated heterocycles. The van der Waals surface area contributed by atoms with Crippen LogP contribution in [0.15, 0.2) is 59.2 Å². The lowest BCUT2D eigenvalue weighted by Crippen LogP contribution is -2.41. The molecular formula is C25H30N4O2. The van der Waals surface area contributed by atoms with Crippen molar-refractivity contribution in [3.05, 3.63) is 65.4 Å². The monoisotopic (exact) mass is 418 g/mol. The summed E-state index contributed by atoms with van der Waals surface area (Å²) >= 11 is 0. The molecule has 2 aromatic rings. The van der Waals surface area contributed by atoms with Crippen LogP contribution in [0.4, 0.5) is 11.4 Å². The topological polar surface area (TPSA) is 48.4 Å². The van der Waals surface area contributed by atoms with Gasteiger partial charge >= 0.3 is 0 Å². The van der Waals surface area contributed by atoms with Gasteiger partial charge in [0.2, 0.25) is 5.96 Å². The zero-order valence-electron chi connectivity index (χ0n) is 18.5. The number of nitrogens with zero attached hydrogens (tertiary/aromatic N) is 4. The van der Waals surface area contributed by atoms with Gasteiger partial charge in [0.1, 0.15) is 0 Å². The molecule has 1 atom stereocenters. The van der Waals surface area contributed by atoms with E-state index in [2.05, 4.69) is 63.9 Å². The van der Waals surface area contributed by atoms with Crippen LogP contribution in [-0.2, 0) is 22.5 Å². The quantitative estimate of drug-likeness (QED) is 0.579. The van der Waals surface area contributed by atoms with Crippen molar-refractivity contribution in [1.82, 2.24) is 4.90 Å². The molecule has 2 aliphatic heterocycles. The van der Waals surface area contributed by atoms with E-state index in [9.17, 15) is 4.79 Å². The Morgan fingerprint density at radius 3 is 2.52 bits per heavy atom. The lowest BCUT2D eigenvalue weighted by molar-refractivity contribution is 0.0988. The molecule has 6 heteroatoms. The smallest absolute Gasteiger partial charge is 0.214 e. The molecule has 0 amide bonds. The second kappa shape index (κ2) is 9.48. The van der Waals surface area contributed by atoms with Crippen LogP contribution in [0.1, 0.15) is 31.9 Å². The second-order valence-corrected chi connectivity index (χ2v) is 7.71. The summed E-state index contributed by atoms with van der Waals surface area (Å²) in [5.74, 6) is 2.75. The molecular weight excluding hydrogens is 388 g/mol. The third kappa shape index (κ3) is 4.02. The molecule has 0 fully saturated rings. The van der Waals surface area contributed by atoms with E-state index in [0.717, 1.165) is 43.4 Å². The number of guanidine groups is 1.